The van der Waals surface area contributed by atoms with Gasteiger partial charge in [0.15, 0.2) is 0 Å². The number of amides is 1. The molecule has 2 saturated heterocycles. The molecule has 6 heteroatoms. The lowest BCUT2D eigenvalue weighted by atomic mass is 9.77. The molecule has 3 rings (SSSR count). The third-order valence-electron chi connectivity index (χ3n) is 5.10. The summed E-state index contributed by atoms with van der Waals surface area (Å²) in [4.78, 5) is 14.2. The van der Waals surface area contributed by atoms with Crippen LogP contribution in [0.2, 0.25) is 0 Å². The fraction of sp³-hybridized carbons (Fsp3) is 0.588. The number of carbonyl (C=O) groups is 1. The fourth-order valence-corrected chi connectivity index (χ4v) is 2.87. The molecule has 2 fully saturated rings. The Morgan fingerprint density at radius 2 is 1.78 bits per heavy atom. The van der Waals surface area contributed by atoms with Gasteiger partial charge in [-0.25, -0.2) is 4.39 Å². The highest BCUT2D eigenvalue weighted by Crippen LogP contribution is 2.36. The van der Waals surface area contributed by atoms with Gasteiger partial charge in [-0.1, -0.05) is 6.92 Å². The van der Waals surface area contributed by atoms with Crippen LogP contribution >= 0.6 is 0 Å². The van der Waals surface area contributed by atoms with Crippen molar-refractivity contribution in [3.05, 3.63) is 29.6 Å². The largest absolute Gasteiger partial charge is 0.497 e. The van der Waals surface area contributed by atoms with Gasteiger partial charge in [-0.15, -0.1) is 0 Å². The first-order valence-corrected chi connectivity index (χ1v) is 8.05. The maximum Gasteiger partial charge on any atom is 0.497 e. The molecule has 4 nitrogen and oxygen atoms in total. The van der Waals surface area contributed by atoms with Crippen molar-refractivity contribution in [2.24, 2.45) is 5.92 Å². The van der Waals surface area contributed by atoms with Crippen LogP contribution in [0.1, 0.15) is 45.0 Å². The van der Waals surface area contributed by atoms with Gasteiger partial charge in [-0.3, -0.25) is 4.79 Å². The lowest BCUT2D eigenvalue weighted by Crippen LogP contribution is -2.49. The van der Waals surface area contributed by atoms with Gasteiger partial charge in [0.25, 0.3) is 5.91 Å². The van der Waals surface area contributed by atoms with E-state index in [0.29, 0.717) is 11.5 Å². The van der Waals surface area contributed by atoms with Crippen molar-refractivity contribution in [2.45, 2.75) is 45.8 Å². The average Bonchev–Trinajstić information content (AvgIpc) is 2.63. The van der Waals surface area contributed by atoms with Crippen molar-refractivity contribution in [3.63, 3.8) is 0 Å². The van der Waals surface area contributed by atoms with Crippen molar-refractivity contribution in [1.82, 2.24) is 4.90 Å². The van der Waals surface area contributed by atoms with Gasteiger partial charge in [0, 0.05) is 24.1 Å². The summed E-state index contributed by atoms with van der Waals surface area (Å²) >= 11 is 0. The molecule has 2 aliphatic rings. The Kier molecular flexibility index (Phi) is 3.80. The molecule has 1 aromatic carbocycles. The Hall–Kier alpha value is -1.40. The van der Waals surface area contributed by atoms with Crippen LogP contribution < -0.4 is 5.46 Å². The molecule has 0 unspecified atom stereocenters. The van der Waals surface area contributed by atoms with Crippen molar-refractivity contribution in [3.8, 4) is 0 Å². The van der Waals surface area contributed by atoms with E-state index in [2.05, 4.69) is 6.92 Å². The summed E-state index contributed by atoms with van der Waals surface area (Å²) in [5.41, 5.74) is -0.334. The number of halogens is 1. The molecule has 23 heavy (non-hydrogen) atoms. The number of likely N-dealkylation sites (tertiary alicyclic amines) is 1. The molecule has 0 spiro atoms. The first-order chi connectivity index (χ1) is 10.6. The SMILES string of the molecule is CC1CN(C(=O)c2ccc(F)c(B3OC(C)(C)C(C)(C)O3)c2)C1. The minimum absolute atomic E-state index is 0.0686. The number of nitrogens with zero attached hydrogens (tertiary/aromatic N) is 1. The fourth-order valence-electron chi connectivity index (χ4n) is 2.87. The smallest absolute Gasteiger partial charge is 0.399 e. The van der Waals surface area contributed by atoms with Crippen LogP contribution in [0, 0.1) is 11.7 Å². The highest BCUT2D eigenvalue weighted by molar-refractivity contribution is 6.62. The highest BCUT2D eigenvalue weighted by Gasteiger charge is 2.52. The van der Waals surface area contributed by atoms with E-state index in [-0.39, 0.29) is 11.4 Å². The summed E-state index contributed by atoms with van der Waals surface area (Å²) in [5, 5.41) is 0. The van der Waals surface area contributed by atoms with Gasteiger partial charge in [0.1, 0.15) is 5.82 Å². The van der Waals surface area contributed by atoms with E-state index in [9.17, 15) is 9.18 Å². The van der Waals surface area contributed by atoms with Gasteiger partial charge in [0.05, 0.1) is 11.2 Å². The number of hydrogen-bond donors (Lipinski definition) is 0. The van der Waals surface area contributed by atoms with Gasteiger partial charge in [-0.05, 0) is 51.8 Å². The Bertz CT molecular complexity index is 625. The van der Waals surface area contributed by atoms with E-state index >= 15 is 0 Å². The van der Waals surface area contributed by atoms with Crippen LogP contribution in [0.3, 0.4) is 0 Å². The molecular weight excluding hydrogens is 296 g/mol. The van der Waals surface area contributed by atoms with Crippen LogP contribution in [0.4, 0.5) is 4.39 Å². The maximum absolute atomic E-state index is 14.3. The molecule has 0 aromatic heterocycles. The normalized spacial score (nSPS) is 23.0. The molecule has 0 bridgehead atoms. The van der Waals surface area contributed by atoms with E-state index in [0.717, 1.165) is 13.1 Å². The zero-order valence-electron chi connectivity index (χ0n) is 14.4. The Labute approximate surface area is 137 Å². The summed E-state index contributed by atoms with van der Waals surface area (Å²) in [5.74, 6) is 0.0415. The molecule has 0 N–H and O–H groups in total. The monoisotopic (exact) mass is 319 g/mol. The van der Waals surface area contributed by atoms with Gasteiger partial charge in [-0.2, -0.15) is 0 Å². The zero-order chi connectivity index (χ0) is 17.0. The summed E-state index contributed by atoms with van der Waals surface area (Å²) in [6.45, 7) is 11.3. The molecule has 1 amide bonds. The molecule has 2 aliphatic heterocycles. The second-order valence-electron chi connectivity index (χ2n) is 7.64. The molecule has 124 valence electrons. The van der Waals surface area contributed by atoms with Crippen LogP contribution in [0.5, 0.6) is 0 Å². The quantitative estimate of drug-likeness (QED) is 0.785. The van der Waals surface area contributed by atoms with Gasteiger partial charge in [0.2, 0.25) is 0 Å². The van der Waals surface area contributed by atoms with Crippen molar-refractivity contribution in [1.29, 1.82) is 0 Å². The number of rotatable bonds is 2. The van der Waals surface area contributed by atoms with Crippen LogP contribution in [-0.4, -0.2) is 42.2 Å². The molecule has 0 aliphatic carbocycles. The van der Waals surface area contributed by atoms with E-state index < -0.39 is 24.1 Å². The van der Waals surface area contributed by atoms with Gasteiger partial charge < -0.3 is 14.2 Å². The topological polar surface area (TPSA) is 38.8 Å². The lowest BCUT2D eigenvalue weighted by Gasteiger charge is -2.37. The van der Waals surface area contributed by atoms with Crippen LogP contribution in [0.15, 0.2) is 18.2 Å². The minimum Gasteiger partial charge on any atom is -0.399 e. The molecule has 2 heterocycles. The Morgan fingerprint density at radius 3 is 2.30 bits per heavy atom. The predicted octanol–water partition coefficient (Wildman–Crippen LogP) is 2.22. The zero-order valence-corrected chi connectivity index (χ0v) is 14.4. The standard InChI is InChI=1S/C17H23BFNO3/c1-11-9-20(10-11)15(21)12-6-7-14(19)13(8-12)18-22-16(2,3)17(4,5)23-18/h6-8,11H,9-10H2,1-5H3. The molecule has 0 radical (unpaired) electrons. The summed E-state index contributed by atoms with van der Waals surface area (Å²) in [6.07, 6.45) is 0. The molecule has 0 saturated carbocycles. The summed E-state index contributed by atoms with van der Waals surface area (Å²) in [7, 11) is -0.803. The third kappa shape index (κ3) is 2.79. The van der Waals surface area contributed by atoms with Crippen molar-refractivity contribution >= 4 is 18.5 Å². The van der Waals surface area contributed by atoms with E-state index in [1.165, 1.54) is 12.1 Å². The first-order valence-electron chi connectivity index (χ1n) is 8.05. The predicted molar refractivity (Wildman–Crippen MR) is 87.2 cm³/mol. The van der Waals surface area contributed by atoms with Crippen LogP contribution in [-0.2, 0) is 9.31 Å². The molecule has 0 atom stereocenters. The Balaban J connectivity index is 1.86. The number of benzene rings is 1. The van der Waals surface area contributed by atoms with Gasteiger partial charge >= 0.3 is 7.12 Å². The summed E-state index contributed by atoms with van der Waals surface area (Å²) in [6, 6.07) is 4.40. The second-order valence-corrected chi connectivity index (χ2v) is 7.64. The van der Waals surface area contributed by atoms with E-state index in [4.69, 9.17) is 9.31 Å². The van der Waals surface area contributed by atoms with Crippen molar-refractivity contribution in [2.75, 3.05) is 13.1 Å². The number of carbonyl (C=O) groups excluding carboxylic acids is 1. The Morgan fingerprint density at radius 1 is 1.22 bits per heavy atom. The third-order valence-corrected chi connectivity index (χ3v) is 5.10. The number of hydrogen-bond acceptors (Lipinski definition) is 3. The van der Waals surface area contributed by atoms with Crippen LogP contribution in [0.25, 0.3) is 0 Å². The summed E-state index contributed by atoms with van der Waals surface area (Å²) < 4.78 is 26.1. The second kappa shape index (κ2) is 5.31. The van der Waals surface area contributed by atoms with E-state index in [1.807, 2.05) is 27.7 Å². The lowest BCUT2D eigenvalue weighted by molar-refractivity contribution is 0.00578. The maximum atomic E-state index is 14.3. The molecular formula is C17H23BFNO3. The first kappa shape index (κ1) is 16.5. The minimum atomic E-state index is -0.803. The molecule has 1 aromatic rings. The van der Waals surface area contributed by atoms with E-state index in [1.54, 1.807) is 11.0 Å². The average molecular weight is 319 g/mol. The van der Waals surface area contributed by atoms with Crippen molar-refractivity contribution < 1.29 is 18.5 Å². The highest BCUT2D eigenvalue weighted by atomic mass is 19.1.